The van der Waals surface area contributed by atoms with Crippen LogP contribution in [0.15, 0.2) is 42.1 Å². The molecule has 3 rings (SSSR count). The molecular weight excluding hydrogens is 618 g/mol. The summed E-state index contributed by atoms with van der Waals surface area (Å²) in [6, 6.07) is 7.05. The summed E-state index contributed by atoms with van der Waals surface area (Å²) in [5, 5.41) is 25.0. The summed E-state index contributed by atoms with van der Waals surface area (Å²) in [4.78, 5) is 35.8. The highest BCUT2D eigenvalue weighted by Gasteiger charge is 2.38. The number of esters is 1. The van der Waals surface area contributed by atoms with E-state index in [1.807, 2.05) is 0 Å². The van der Waals surface area contributed by atoms with E-state index in [1.165, 1.54) is 21.1 Å². The summed E-state index contributed by atoms with van der Waals surface area (Å²) in [6.07, 6.45) is 0.626. The zero-order valence-corrected chi connectivity index (χ0v) is 24.0. The largest absolute Gasteiger partial charge is 0.497 e. The molecule has 0 bridgehead atoms. The van der Waals surface area contributed by atoms with Crippen molar-refractivity contribution in [3.8, 4) is 11.5 Å². The van der Waals surface area contributed by atoms with Gasteiger partial charge in [-0.15, -0.1) is 0 Å². The number of halogens is 5. The minimum absolute atomic E-state index is 0.0459. The number of rotatable bonds is 13. The molecule has 0 aliphatic heterocycles. The number of nitrogens with zero attached hydrogens (tertiary/aromatic N) is 1. The van der Waals surface area contributed by atoms with Crippen LogP contribution in [0.5, 0.6) is 11.5 Å². The summed E-state index contributed by atoms with van der Waals surface area (Å²) in [7, 11) is 2.90. The summed E-state index contributed by atoms with van der Waals surface area (Å²) < 4.78 is 73.3. The molecule has 3 aromatic carbocycles. The van der Waals surface area contributed by atoms with Crippen molar-refractivity contribution in [3.05, 3.63) is 97.2 Å². The molecule has 0 spiro atoms. The number of carbonyl (C=O) groups is 2. The molecular formula is C28H24ClF4N3O8. The number of hydrogen-bond donors (Lipinski definition) is 3. The molecule has 234 valence electrons. The number of aliphatic hydroxyl groups is 1. The number of Topliss-reactive ketones (excluding diaryl/α,β-unsaturated/α-hetero) is 1. The van der Waals surface area contributed by atoms with Gasteiger partial charge in [0.05, 0.1) is 38.0 Å². The number of aliphatic hydroxyl groups excluding tert-OH is 1. The Morgan fingerprint density at radius 1 is 1.02 bits per heavy atom. The third kappa shape index (κ3) is 7.01. The average molecular weight is 642 g/mol. The lowest BCUT2D eigenvalue weighted by Crippen LogP contribution is -2.21. The third-order valence-electron chi connectivity index (χ3n) is 6.09. The van der Waals surface area contributed by atoms with Gasteiger partial charge in [-0.05, 0) is 31.2 Å². The molecule has 44 heavy (non-hydrogen) atoms. The molecule has 0 aromatic heterocycles. The van der Waals surface area contributed by atoms with Gasteiger partial charge in [0.2, 0.25) is 11.6 Å². The molecule has 0 atom stereocenters. The first kappa shape index (κ1) is 33.6. The van der Waals surface area contributed by atoms with Crippen LogP contribution in [-0.2, 0) is 22.7 Å². The lowest BCUT2D eigenvalue weighted by molar-refractivity contribution is -0.388. The Kier molecular flexibility index (Phi) is 11.1. The summed E-state index contributed by atoms with van der Waals surface area (Å²) in [5.41, 5.74) is -4.30. The van der Waals surface area contributed by atoms with Crippen LogP contribution in [0.3, 0.4) is 0 Å². The Morgan fingerprint density at radius 2 is 1.73 bits per heavy atom. The number of nitrogens with one attached hydrogen (secondary N) is 2. The van der Waals surface area contributed by atoms with E-state index in [4.69, 9.17) is 25.8 Å². The number of ketones is 1. The fourth-order valence-electron chi connectivity index (χ4n) is 3.91. The Balaban J connectivity index is 2.06. The highest BCUT2D eigenvalue weighted by Crippen LogP contribution is 2.36. The number of anilines is 2. The van der Waals surface area contributed by atoms with E-state index >= 15 is 0 Å². The molecule has 3 N–H and O–H groups in total. The first-order chi connectivity index (χ1) is 20.9. The summed E-state index contributed by atoms with van der Waals surface area (Å²) >= 11 is 5.41. The smallest absolute Gasteiger partial charge is 0.343 e. The molecule has 0 saturated heterocycles. The Hall–Kier alpha value is -4.89. The van der Waals surface area contributed by atoms with Crippen molar-refractivity contribution in [2.24, 2.45) is 0 Å². The molecule has 0 unspecified atom stereocenters. The molecule has 0 aliphatic carbocycles. The Bertz CT molecular complexity index is 1650. The first-order valence-electron chi connectivity index (χ1n) is 12.5. The van der Waals surface area contributed by atoms with Crippen LogP contribution in [0.25, 0.3) is 0 Å². The number of nitro groups is 1. The van der Waals surface area contributed by atoms with Gasteiger partial charge in [-0.1, -0.05) is 11.6 Å². The molecule has 16 heteroatoms. The normalized spacial score (nSPS) is 11.2. The van der Waals surface area contributed by atoms with Gasteiger partial charge in [0.1, 0.15) is 33.5 Å². The second kappa shape index (κ2) is 14.5. The van der Waals surface area contributed by atoms with Gasteiger partial charge in [-0.3, -0.25) is 14.9 Å². The van der Waals surface area contributed by atoms with E-state index in [0.29, 0.717) is 23.3 Å². The molecule has 0 heterocycles. The minimum Gasteiger partial charge on any atom is -0.497 e. The lowest BCUT2D eigenvalue weighted by atomic mass is 10.0. The average Bonchev–Trinajstić information content (AvgIpc) is 3.01. The molecule has 0 aliphatic rings. The molecule has 0 fully saturated rings. The van der Waals surface area contributed by atoms with Crippen molar-refractivity contribution in [1.82, 2.24) is 0 Å². The topological polar surface area (TPSA) is 149 Å². The van der Waals surface area contributed by atoms with Gasteiger partial charge in [0.15, 0.2) is 11.6 Å². The van der Waals surface area contributed by atoms with Crippen LogP contribution in [0.1, 0.15) is 28.4 Å². The van der Waals surface area contributed by atoms with Crippen LogP contribution in [0, 0.1) is 33.4 Å². The van der Waals surface area contributed by atoms with Gasteiger partial charge in [-0.2, -0.15) is 4.39 Å². The zero-order chi connectivity index (χ0) is 32.7. The Labute approximate surface area is 252 Å². The maximum atomic E-state index is 14.9. The van der Waals surface area contributed by atoms with Gasteiger partial charge in [0.25, 0.3) is 0 Å². The van der Waals surface area contributed by atoms with Crippen molar-refractivity contribution in [3.63, 3.8) is 0 Å². The van der Waals surface area contributed by atoms with Gasteiger partial charge < -0.3 is 30.0 Å². The van der Waals surface area contributed by atoms with Crippen molar-refractivity contribution in [2.75, 3.05) is 31.5 Å². The number of methoxy groups -OCH3 is 2. The second-order valence-corrected chi connectivity index (χ2v) is 9.05. The van der Waals surface area contributed by atoms with Crippen molar-refractivity contribution < 1.29 is 51.4 Å². The number of benzene rings is 3. The maximum absolute atomic E-state index is 14.9. The third-order valence-corrected chi connectivity index (χ3v) is 6.42. The van der Waals surface area contributed by atoms with Crippen LogP contribution >= 0.6 is 11.6 Å². The fourth-order valence-corrected chi connectivity index (χ4v) is 4.09. The Morgan fingerprint density at radius 3 is 2.32 bits per heavy atom. The second-order valence-electron chi connectivity index (χ2n) is 8.67. The van der Waals surface area contributed by atoms with E-state index in [-0.39, 0.29) is 30.1 Å². The van der Waals surface area contributed by atoms with E-state index in [9.17, 15) is 42.4 Å². The lowest BCUT2D eigenvalue weighted by Gasteiger charge is -2.16. The van der Waals surface area contributed by atoms with Gasteiger partial charge in [-0.25, -0.2) is 18.0 Å². The fraction of sp³-hybridized carbons (Fsp3) is 0.214. The van der Waals surface area contributed by atoms with Crippen LogP contribution in [0.4, 0.5) is 34.6 Å². The summed E-state index contributed by atoms with van der Waals surface area (Å²) in [5.74, 6) is -9.39. The predicted octanol–water partition coefficient (Wildman–Crippen LogP) is 5.67. The summed E-state index contributed by atoms with van der Waals surface area (Å²) in [6.45, 7) is 0.351. The number of hydrogen-bond acceptors (Lipinski definition) is 10. The standard InChI is InChI=1S/C28H24ClF4N3O8/c1-4-44-28(39)16(27(38)21-23(31)22(29)24(32)25(33)26(21)36(40)41)11-35-18-9-19(17(30)7-14(18)12-37)34-10-13-5-6-15(42-2)8-20(13)43-3/h5-9,11,34-35,37H,4,10,12H2,1-3H3. The first-order valence-corrected chi connectivity index (χ1v) is 12.8. The quantitative estimate of drug-likeness (QED) is 0.0204. The van der Waals surface area contributed by atoms with Crippen LogP contribution in [0.2, 0.25) is 5.02 Å². The molecule has 0 radical (unpaired) electrons. The van der Waals surface area contributed by atoms with Crippen molar-refractivity contribution in [2.45, 2.75) is 20.1 Å². The SMILES string of the molecule is CCOC(=O)C(=CNc1cc(NCc2ccc(OC)cc2OC)c(F)cc1CO)C(=O)c1c(F)c(Cl)c(F)c(F)c1[N+](=O)[O-]. The van der Waals surface area contributed by atoms with Crippen LogP contribution < -0.4 is 20.1 Å². The minimum atomic E-state index is -2.23. The number of nitro benzene ring substituents is 1. The number of ether oxygens (including phenoxy) is 3. The molecule has 0 amide bonds. The van der Waals surface area contributed by atoms with E-state index in [0.717, 1.165) is 12.1 Å². The van der Waals surface area contributed by atoms with Crippen molar-refractivity contribution >= 4 is 40.4 Å². The van der Waals surface area contributed by atoms with E-state index in [2.05, 4.69) is 10.6 Å². The highest BCUT2D eigenvalue weighted by molar-refractivity contribution is 6.32. The van der Waals surface area contributed by atoms with Crippen molar-refractivity contribution in [1.29, 1.82) is 0 Å². The number of carbonyl (C=O) groups excluding carboxylic acids is 2. The zero-order valence-electron chi connectivity index (χ0n) is 23.2. The maximum Gasteiger partial charge on any atom is 0.343 e. The van der Waals surface area contributed by atoms with Gasteiger partial charge >= 0.3 is 11.7 Å². The van der Waals surface area contributed by atoms with Gasteiger partial charge in [0, 0.05) is 35.6 Å². The molecule has 3 aromatic rings. The molecule has 0 saturated carbocycles. The van der Waals surface area contributed by atoms with Crippen LogP contribution in [-0.4, -0.2) is 42.6 Å². The molecule has 11 nitrogen and oxygen atoms in total. The van der Waals surface area contributed by atoms with E-state index < -0.39 is 68.4 Å². The highest BCUT2D eigenvalue weighted by atomic mass is 35.5. The predicted molar refractivity (Wildman–Crippen MR) is 150 cm³/mol. The van der Waals surface area contributed by atoms with E-state index in [1.54, 1.807) is 18.2 Å². The monoisotopic (exact) mass is 641 g/mol.